The second-order valence-corrected chi connectivity index (χ2v) is 7.19. The molecule has 0 radical (unpaired) electrons. The fraction of sp³-hybridized carbons (Fsp3) is 0.0625. The van der Waals surface area contributed by atoms with E-state index in [2.05, 4.69) is 4.36 Å². The van der Waals surface area contributed by atoms with Crippen molar-refractivity contribution < 1.29 is 26.5 Å². The predicted octanol–water partition coefficient (Wildman–Crippen LogP) is 4.27. The molecule has 134 valence electrons. The lowest BCUT2D eigenvalue weighted by Gasteiger charge is -2.15. The Morgan fingerprint density at radius 3 is 2.42 bits per heavy atom. The van der Waals surface area contributed by atoms with E-state index in [0.717, 1.165) is 23.6 Å². The Morgan fingerprint density at radius 1 is 1.19 bits per heavy atom. The summed E-state index contributed by atoms with van der Waals surface area (Å²) in [6.07, 6.45) is -1.73. The molecule has 3 rings (SSSR count). The number of nitrogens with zero attached hydrogens (tertiary/aromatic N) is 2. The maximum absolute atomic E-state index is 13.7. The van der Waals surface area contributed by atoms with E-state index in [-0.39, 0.29) is 21.9 Å². The van der Waals surface area contributed by atoms with Crippen molar-refractivity contribution >= 4 is 15.4 Å². The number of halogens is 4. The summed E-state index contributed by atoms with van der Waals surface area (Å²) in [6.45, 7) is 0. The summed E-state index contributed by atoms with van der Waals surface area (Å²) in [4.78, 5) is -0.148. The molecule has 0 aromatic heterocycles. The van der Waals surface area contributed by atoms with Crippen LogP contribution < -0.4 is 10.5 Å². The first-order valence-electron chi connectivity index (χ1n) is 6.97. The molecule has 0 aliphatic carbocycles. The molecule has 0 spiro atoms. The minimum Gasteiger partial charge on any atom is -0.457 e. The number of nitriles is 1. The van der Waals surface area contributed by atoms with Gasteiger partial charge in [0.25, 0.3) is 6.43 Å². The molecule has 0 amide bonds. The van der Waals surface area contributed by atoms with Gasteiger partial charge >= 0.3 is 0 Å². The predicted molar refractivity (Wildman–Crippen MR) is 84.4 cm³/mol. The lowest BCUT2D eigenvalue weighted by molar-refractivity contribution is 0.147. The van der Waals surface area contributed by atoms with E-state index in [9.17, 15) is 21.8 Å². The van der Waals surface area contributed by atoms with Gasteiger partial charge in [0.05, 0.1) is 16.2 Å². The minimum absolute atomic E-state index is 0.148. The Balaban J connectivity index is 2.20. The third kappa shape index (κ3) is 2.97. The Labute approximate surface area is 145 Å². The molecule has 1 unspecified atom stereocenters. The van der Waals surface area contributed by atoms with Crippen LogP contribution >= 0.6 is 0 Å². The third-order valence-electron chi connectivity index (χ3n) is 3.52. The summed E-state index contributed by atoms with van der Waals surface area (Å²) in [6, 6.07) is 4.47. The SMILES string of the molecule is N#CN=S1(=O)C=C(N)c2c1ccc(Oc1cc(F)cc(F)c1)c2C(F)F. The summed E-state index contributed by atoms with van der Waals surface area (Å²) < 4.78 is 75.0. The van der Waals surface area contributed by atoms with E-state index >= 15 is 0 Å². The fourth-order valence-electron chi connectivity index (χ4n) is 2.57. The molecule has 2 aromatic carbocycles. The molecule has 10 heteroatoms. The Morgan fingerprint density at radius 2 is 1.85 bits per heavy atom. The zero-order valence-corrected chi connectivity index (χ0v) is 13.6. The van der Waals surface area contributed by atoms with E-state index in [1.165, 1.54) is 12.3 Å². The number of rotatable bonds is 3. The number of alkyl halides is 2. The normalized spacial score (nSPS) is 18.2. The Hall–Kier alpha value is -3.06. The Bertz CT molecular complexity index is 1080. The van der Waals surface area contributed by atoms with Crippen molar-refractivity contribution in [2.24, 2.45) is 10.1 Å². The highest BCUT2D eigenvalue weighted by Crippen LogP contribution is 2.44. The van der Waals surface area contributed by atoms with Crippen LogP contribution in [0, 0.1) is 23.1 Å². The van der Waals surface area contributed by atoms with Gasteiger partial charge < -0.3 is 10.5 Å². The third-order valence-corrected chi connectivity index (χ3v) is 5.41. The number of hydrogen-bond donors (Lipinski definition) is 1. The summed E-state index contributed by atoms with van der Waals surface area (Å²) in [7, 11) is -3.40. The van der Waals surface area contributed by atoms with Crippen LogP contribution in [0.4, 0.5) is 17.6 Å². The molecule has 2 aromatic rings. The molecule has 0 fully saturated rings. The number of nitrogens with two attached hydrogens (primary N) is 1. The number of benzene rings is 2. The molecule has 26 heavy (non-hydrogen) atoms. The molecule has 2 N–H and O–H groups in total. The maximum Gasteiger partial charge on any atom is 0.268 e. The first kappa shape index (κ1) is 17.8. The van der Waals surface area contributed by atoms with Gasteiger partial charge in [-0.3, -0.25) is 0 Å². The second-order valence-electron chi connectivity index (χ2n) is 5.19. The average molecular weight is 383 g/mol. The lowest BCUT2D eigenvalue weighted by atomic mass is 10.0. The highest BCUT2D eigenvalue weighted by molar-refractivity contribution is 7.97. The van der Waals surface area contributed by atoms with Gasteiger partial charge in [0.1, 0.15) is 32.9 Å². The van der Waals surface area contributed by atoms with Crippen molar-refractivity contribution in [3.8, 4) is 17.7 Å². The van der Waals surface area contributed by atoms with Crippen LogP contribution in [-0.4, -0.2) is 4.21 Å². The minimum atomic E-state index is -3.40. The largest absolute Gasteiger partial charge is 0.457 e. The maximum atomic E-state index is 13.7. The van der Waals surface area contributed by atoms with Crippen LogP contribution in [0.5, 0.6) is 11.5 Å². The van der Waals surface area contributed by atoms with Crippen molar-refractivity contribution in [2.45, 2.75) is 11.3 Å². The lowest BCUT2D eigenvalue weighted by Crippen LogP contribution is -2.04. The smallest absolute Gasteiger partial charge is 0.268 e. The average Bonchev–Trinajstić information content (AvgIpc) is 2.77. The van der Waals surface area contributed by atoms with Crippen molar-refractivity contribution in [2.75, 3.05) is 0 Å². The molecule has 0 saturated heterocycles. The van der Waals surface area contributed by atoms with E-state index in [0.29, 0.717) is 6.07 Å². The molecule has 1 aliphatic heterocycles. The molecule has 1 aliphatic rings. The van der Waals surface area contributed by atoms with E-state index < -0.39 is 39.1 Å². The summed E-state index contributed by atoms with van der Waals surface area (Å²) >= 11 is 0. The van der Waals surface area contributed by atoms with Gasteiger partial charge in [-0.05, 0) is 12.1 Å². The van der Waals surface area contributed by atoms with Gasteiger partial charge in [0.2, 0.25) is 6.19 Å². The quantitative estimate of drug-likeness (QED) is 0.633. The van der Waals surface area contributed by atoms with E-state index in [1.807, 2.05) is 0 Å². The molecular weight excluding hydrogens is 374 g/mol. The number of ether oxygens (including phenoxy) is 1. The Kier molecular flexibility index (Phi) is 4.33. The van der Waals surface area contributed by atoms with Gasteiger partial charge in [0.15, 0.2) is 0 Å². The zero-order valence-electron chi connectivity index (χ0n) is 12.7. The highest BCUT2D eigenvalue weighted by atomic mass is 32.2. The van der Waals surface area contributed by atoms with Crippen molar-refractivity contribution in [1.82, 2.24) is 0 Å². The van der Waals surface area contributed by atoms with Crippen LogP contribution in [0.15, 0.2) is 45.0 Å². The van der Waals surface area contributed by atoms with Crippen molar-refractivity contribution in [3.63, 3.8) is 0 Å². The van der Waals surface area contributed by atoms with Crippen molar-refractivity contribution in [3.05, 3.63) is 58.5 Å². The van der Waals surface area contributed by atoms with Crippen LogP contribution in [0.25, 0.3) is 5.70 Å². The van der Waals surface area contributed by atoms with Gasteiger partial charge in [-0.1, -0.05) is 0 Å². The van der Waals surface area contributed by atoms with Gasteiger partial charge in [-0.25, -0.2) is 21.8 Å². The summed E-state index contributed by atoms with van der Waals surface area (Å²) in [5.74, 6) is -2.65. The van der Waals surface area contributed by atoms with Gasteiger partial charge in [-0.15, -0.1) is 4.36 Å². The fourth-order valence-corrected chi connectivity index (χ4v) is 4.22. The number of hydrogen-bond acceptors (Lipinski definition) is 5. The van der Waals surface area contributed by atoms with Crippen LogP contribution in [0.1, 0.15) is 17.6 Å². The monoisotopic (exact) mass is 383 g/mol. The summed E-state index contributed by atoms with van der Waals surface area (Å²) in [5.41, 5.74) is 4.48. The van der Waals surface area contributed by atoms with Crippen LogP contribution in [0.2, 0.25) is 0 Å². The molecule has 1 heterocycles. The standard InChI is InChI=1S/C16H9F4N3O2S/c17-8-3-9(18)5-10(4-8)25-12-1-2-13-14(15(12)16(19)20)11(22)6-26(13,24)23-7-21/h1-6,16H,22H2. The van der Waals surface area contributed by atoms with Crippen molar-refractivity contribution in [1.29, 1.82) is 5.26 Å². The van der Waals surface area contributed by atoms with Gasteiger partial charge in [0, 0.05) is 29.2 Å². The first-order chi connectivity index (χ1) is 12.2. The zero-order chi connectivity index (χ0) is 19.1. The number of fused-ring (bicyclic) bond motifs is 1. The molecular formula is C16H9F4N3O2S. The molecule has 5 nitrogen and oxygen atoms in total. The van der Waals surface area contributed by atoms with E-state index in [4.69, 9.17) is 15.7 Å². The summed E-state index contributed by atoms with van der Waals surface area (Å²) in [5, 5.41) is 9.60. The molecule has 0 bridgehead atoms. The van der Waals surface area contributed by atoms with Crippen LogP contribution in [0.3, 0.4) is 0 Å². The highest BCUT2D eigenvalue weighted by Gasteiger charge is 2.32. The topological polar surface area (TPSA) is 88.5 Å². The first-order valence-corrected chi connectivity index (χ1v) is 8.55. The van der Waals surface area contributed by atoms with Crippen LogP contribution in [-0.2, 0) is 9.73 Å². The second kappa shape index (κ2) is 6.34. The van der Waals surface area contributed by atoms with E-state index in [1.54, 1.807) is 0 Å². The molecule has 0 saturated carbocycles. The van der Waals surface area contributed by atoms with Gasteiger partial charge in [-0.2, -0.15) is 5.26 Å². The molecule has 1 atom stereocenters.